The van der Waals surface area contributed by atoms with Crippen LogP contribution in [0.15, 0.2) is 60.7 Å². The molecule has 1 unspecified atom stereocenters. The van der Waals surface area contributed by atoms with Crippen molar-refractivity contribution < 1.29 is 13.9 Å². The van der Waals surface area contributed by atoms with Crippen molar-refractivity contribution in [2.75, 3.05) is 6.54 Å². The van der Waals surface area contributed by atoms with Gasteiger partial charge in [-0.15, -0.1) is 0 Å². The third-order valence-electron chi connectivity index (χ3n) is 3.98. The van der Waals surface area contributed by atoms with Gasteiger partial charge in [0.15, 0.2) is 0 Å². The molecule has 7 heteroatoms. The maximum atomic E-state index is 13.6. The fourth-order valence-electron chi connectivity index (χ4n) is 2.73. The van der Waals surface area contributed by atoms with Gasteiger partial charge < -0.3 is 4.52 Å². The van der Waals surface area contributed by atoms with E-state index < -0.39 is 13.3 Å². The SMILES string of the molecule is O=C(OP(=O)(c1ccccc1)c1ccccc1)[C@@H]1CCCN1P.[Ga]. The van der Waals surface area contributed by atoms with E-state index in [0.717, 1.165) is 19.4 Å². The smallest absolute Gasteiger partial charge is 0.329 e. The zero-order valence-corrected chi connectivity index (χ0v) is 17.7. The summed E-state index contributed by atoms with van der Waals surface area (Å²) in [5.41, 5.74) is 0. The van der Waals surface area contributed by atoms with Gasteiger partial charge in [0, 0.05) is 26.3 Å². The second-order valence-corrected chi connectivity index (χ2v) is 8.51. The first-order chi connectivity index (χ1) is 11.1. The number of carbonyl (C=O) groups is 1. The molecule has 0 saturated carbocycles. The molecular formula is C17H19GaNO3P2. The van der Waals surface area contributed by atoms with E-state index in [-0.39, 0.29) is 25.8 Å². The van der Waals surface area contributed by atoms with Crippen LogP contribution in [0.1, 0.15) is 12.8 Å². The van der Waals surface area contributed by atoms with Crippen LogP contribution in [0.3, 0.4) is 0 Å². The molecule has 4 nitrogen and oxygen atoms in total. The third-order valence-corrected chi connectivity index (χ3v) is 6.99. The van der Waals surface area contributed by atoms with Crippen molar-refractivity contribution in [3.05, 3.63) is 60.7 Å². The molecule has 0 N–H and O–H groups in total. The molecule has 0 spiro atoms. The zero-order chi connectivity index (χ0) is 16.3. The summed E-state index contributed by atoms with van der Waals surface area (Å²) in [6, 6.07) is 17.5. The normalized spacial score (nSPS) is 18.0. The Bertz CT molecular complexity index is 684. The van der Waals surface area contributed by atoms with E-state index in [1.165, 1.54) is 0 Å². The molecule has 1 heterocycles. The molecule has 123 valence electrons. The number of nitrogens with zero attached hydrogens (tertiary/aromatic N) is 1. The zero-order valence-electron chi connectivity index (χ0n) is 13.2. The number of rotatable bonds is 4. The van der Waals surface area contributed by atoms with Gasteiger partial charge in [-0.1, -0.05) is 45.8 Å². The number of carbonyl (C=O) groups excluding carboxylic acids is 1. The monoisotopic (exact) mass is 416 g/mol. The quantitative estimate of drug-likeness (QED) is 0.567. The van der Waals surface area contributed by atoms with Gasteiger partial charge in [-0.05, 0) is 37.1 Å². The standard InChI is InChI=1S/C17H19NO3P2.Ga/c19-17(16-12-7-13-18(16)22)21-23(20,14-8-3-1-4-9-14)15-10-5-2-6-11-15;/h1-6,8-11,16H,7,12-13,22H2;/t16-;/m0./s1. The Morgan fingerprint density at radius 3 is 1.96 bits per heavy atom. The average Bonchev–Trinajstić information content (AvgIpc) is 3.02. The van der Waals surface area contributed by atoms with E-state index in [1.807, 2.05) is 16.8 Å². The Morgan fingerprint density at radius 1 is 1.04 bits per heavy atom. The van der Waals surface area contributed by atoms with Crippen LogP contribution >= 0.6 is 16.8 Å². The molecule has 2 aromatic carbocycles. The van der Waals surface area contributed by atoms with E-state index in [4.69, 9.17) is 4.52 Å². The van der Waals surface area contributed by atoms with Crippen molar-refractivity contribution in [3.63, 3.8) is 0 Å². The van der Waals surface area contributed by atoms with Gasteiger partial charge in [0.1, 0.15) is 6.04 Å². The van der Waals surface area contributed by atoms with Gasteiger partial charge in [0.2, 0.25) is 0 Å². The Balaban J connectivity index is 0.00000208. The van der Waals surface area contributed by atoms with Crippen LogP contribution in [0.2, 0.25) is 0 Å². The minimum absolute atomic E-state index is 0. The summed E-state index contributed by atoms with van der Waals surface area (Å²) in [5, 5.41) is 1.07. The van der Waals surface area contributed by atoms with Gasteiger partial charge in [-0.3, -0.25) is 14.0 Å². The molecule has 0 bridgehead atoms. The summed E-state index contributed by atoms with van der Waals surface area (Å²) in [7, 11) is -0.893. The predicted molar refractivity (Wildman–Crippen MR) is 101 cm³/mol. The molecule has 0 aliphatic carbocycles. The van der Waals surface area contributed by atoms with Crippen LogP contribution < -0.4 is 10.6 Å². The van der Waals surface area contributed by atoms with Crippen molar-refractivity contribution in [2.24, 2.45) is 0 Å². The first kappa shape index (κ1) is 19.5. The number of hydrogen-bond acceptors (Lipinski definition) is 4. The van der Waals surface area contributed by atoms with Crippen LogP contribution in [-0.4, -0.2) is 43.0 Å². The maximum absolute atomic E-state index is 13.6. The van der Waals surface area contributed by atoms with Gasteiger partial charge >= 0.3 is 13.3 Å². The minimum atomic E-state index is -3.44. The fraction of sp³-hybridized carbons (Fsp3) is 0.235. The summed E-state index contributed by atoms with van der Waals surface area (Å²) in [6.07, 6.45) is 1.66. The summed E-state index contributed by atoms with van der Waals surface area (Å²) >= 11 is 0. The molecule has 1 aliphatic heterocycles. The number of benzene rings is 2. The van der Waals surface area contributed by atoms with Crippen molar-refractivity contribution in [3.8, 4) is 0 Å². The van der Waals surface area contributed by atoms with Crippen LogP contribution in [0, 0.1) is 0 Å². The predicted octanol–water partition coefficient (Wildman–Crippen LogP) is 2.33. The molecule has 3 rings (SSSR count). The molecule has 0 aromatic heterocycles. The maximum Gasteiger partial charge on any atom is 0.329 e. The van der Waals surface area contributed by atoms with Gasteiger partial charge in [0.05, 0.1) is 10.6 Å². The minimum Gasteiger partial charge on any atom is -0.404 e. The van der Waals surface area contributed by atoms with Crippen molar-refractivity contribution >= 4 is 53.1 Å². The molecule has 1 fully saturated rings. The molecule has 2 atom stereocenters. The molecular weight excluding hydrogens is 398 g/mol. The van der Waals surface area contributed by atoms with E-state index in [0.29, 0.717) is 10.6 Å². The van der Waals surface area contributed by atoms with Gasteiger partial charge in [0.25, 0.3) is 0 Å². The summed E-state index contributed by atoms with van der Waals surface area (Å²) in [4.78, 5) is 12.6. The molecule has 1 saturated heterocycles. The largest absolute Gasteiger partial charge is 0.404 e. The summed E-state index contributed by atoms with van der Waals surface area (Å²) in [6.45, 7) is 0.825. The van der Waals surface area contributed by atoms with Crippen molar-refractivity contribution in [1.29, 1.82) is 0 Å². The second kappa shape index (κ2) is 8.51. The van der Waals surface area contributed by atoms with Crippen LogP contribution in [-0.2, 0) is 13.9 Å². The van der Waals surface area contributed by atoms with E-state index >= 15 is 0 Å². The molecule has 1 aliphatic rings. The fourth-order valence-corrected chi connectivity index (χ4v) is 5.20. The summed E-state index contributed by atoms with van der Waals surface area (Å²) < 4.78 is 21.1. The average molecular weight is 417 g/mol. The molecule has 0 amide bonds. The first-order valence-corrected chi connectivity index (χ1v) is 9.71. The summed E-state index contributed by atoms with van der Waals surface area (Å²) in [5.74, 6) is -0.423. The van der Waals surface area contributed by atoms with E-state index in [9.17, 15) is 9.36 Å². The van der Waals surface area contributed by atoms with Crippen LogP contribution in [0.4, 0.5) is 0 Å². The first-order valence-electron chi connectivity index (χ1n) is 7.57. The Hall–Kier alpha value is -0.834. The second-order valence-electron chi connectivity index (χ2n) is 5.53. The molecule has 24 heavy (non-hydrogen) atoms. The van der Waals surface area contributed by atoms with E-state index in [1.54, 1.807) is 48.5 Å². The Labute approximate surface area is 157 Å². The van der Waals surface area contributed by atoms with Gasteiger partial charge in [-0.25, -0.2) is 0 Å². The van der Waals surface area contributed by atoms with Crippen molar-refractivity contribution in [2.45, 2.75) is 18.9 Å². The molecule has 3 radical (unpaired) electrons. The Kier molecular flexibility index (Phi) is 6.91. The third kappa shape index (κ3) is 4.04. The number of hydrogen-bond donors (Lipinski definition) is 0. The van der Waals surface area contributed by atoms with Crippen molar-refractivity contribution in [1.82, 2.24) is 4.67 Å². The van der Waals surface area contributed by atoms with Gasteiger partial charge in [-0.2, -0.15) is 0 Å². The molecule has 2 aromatic rings. The topological polar surface area (TPSA) is 46.6 Å². The van der Waals surface area contributed by atoms with E-state index in [2.05, 4.69) is 9.39 Å². The van der Waals surface area contributed by atoms with Crippen LogP contribution in [0.5, 0.6) is 0 Å². The van der Waals surface area contributed by atoms with Crippen LogP contribution in [0.25, 0.3) is 0 Å². The Morgan fingerprint density at radius 2 is 1.54 bits per heavy atom.